The Morgan fingerprint density at radius 2 is 0.930 bits per heavy atom. The van der Waals surface area contributed by atoms with Crippen LogP contribution in [0.15, 0.2) is 109 Å². The van der Waals surface area contributed by atoms with E-state index in [9.17, 15) is 26.3 Å². The van der Waals surface area contributed by atoms with E-state index in [0.29, 0.717) is 0 Å². The molecule has 9 heteroatoms. The fourth-order valence-electron chi connectivity index (χ4n) is 6.36. The van der Waals surface area contributed by atoms with Gasteiger partial charge in [0.1, 0.15) is 0 Å². The fourth-order valence-corrected chi connectivity index (χ4v) is 20.8. The van der Waals surface area contributed by atoms with Crippen molar-refractivity contribution in [2.45, 2.75) is 26.5 Å². The third kappa shape index (κ3) is 5.01. The Morgan fingerprint density at radius 1 is 0.558 bits per heavy atom. The van der Waals surface area contributed by atoms with E-state index >= 15 is 0 Å². The molecule has 0 saturated carbocycles. The first kappa shape index (κ1) is 29.4. The molecule has 220 valence electrons. The molecule has 2 atom stereocenters. The van der Waals surface area contributed by atoms with Crippen LogP contribution in [0, 0.1) is 0 Å². The van der Waals surface area contributed by atoms with Crippen LogP contribution in [-0.4, -0.2) is 3.71 Å². The zero-order chi connectivity index (χ0) is 30.5. The van der Waals surface area contributed by atoms with Crippen molar-refractivity contribution in [2.75, 3.05) is 0 Å². The minimum atomic E-state index is -5.79. The molecule has 2 aliphatic carbocycles. The third-order valence-corrected chi connectivity index (χ3v) is 23.0. The molecule has 2 nitrogen and oxygen atoms in total. The van der Waals surface area contributed by atoms with Crippen LogP contribution < -0.4 is 5.63 Å². The van der Waals surface area contributed by atoms with Gasteiger partial charge in [0.25, 0.3) is 0 Å². The molecule has 0 fully saturated rings. The van der Waals surface area contributed by atoms with Gasteiger partial charge in [-0.25, -0.2) is 0 Å². The SMILES string of the molecule is C[CH]=[Zr]([O]c1ccc(C(F)(F)F)cc1)([O]c1ccc(C(F)(F)F)cc1)([CH]1C=Cc2ccccc21)[CH]1C=Cc2ccccc21. The zero-order valence-corrected chi connectivity index (χ0v) is 25.3. The molecule has 2 unspecified atom stereocenters. The van der Waals surface area contributed by atoms with Crippen molar-refractivity contribution in [3.05, 3.63) is 143 Å². The molecule has 0 bridgehead atoms. The zero-order valence-electron chi connectivity index (χ0n) is 22.9. The van der Waals surface area contributed by atoms with Gasteiger partial charge < -0.3 is 0 Å². The van der Waals surface area contributed by atoms with Crippen molar-refractivity contribution >= 4 is 15.9 Å². The molecule has 0 radical (unpaired) electrons. The van der Waals surface area contributed by atoms with Crippen LogP contribution in [0.1, 0.15) is 47.6 Å². The van der Waals surface area contributed by atoms with Crippen molar-refractivity contribution in [1.82, 2.24) is 0 Å². The number of fused-ring (bicyclic) bond motifs is 2. The van der Waals surface area contributed by atoms with Crippen LogP contribution in [0.3, 0.4) is 0 Å². The second-order valence-corrected chi connectivity index (χ2v) is 22.6. The molecule has 0 amide bonds. The van der Waals surface area contributed by atoms with Crippen molar-refractivity contribution in [3.63, 3.8) is 0 Å². The summed E-state index contributed by atoms with van der Waals surface area (Å²) < 4.78 is 96.1. The Labute approximate surface area is 246 Å². The van der Waals surface area contributed by atoms with Crippen LogP contribution in [0.25, 0.3) is 12.2 Å². The van der Waals surface area contributed by atoms with Crippen molar-refractivity contribution < 1.29 is 51.1 Å². The van der Waals surface area contributed by atoms with E-state index in [0.717, 1.165) is 46.5 Å². The second-order valence-electron chi connectivity index (χ2n) is 10.8. The van der Waals surface area contributed by atoms with E-state index in [4.69, 9.17) is 5.63 Å². The van der Waals surface area contributed by atoms with Gasteiger partial charge in [-0.3, -0.25) is 0 Å². The van der Waals surface area contributed by atoms with Gasteiger partial charge in [0.2, 0.25) is 0 Å². The number of halogens is 6. The third-order valence-electron chi connectivity index (χ3n) is 8.43. The predicted molar refractivity (Wildman–Crippen MR) is 152 cm³/mol. The van der Waals surface area contributed by atoms with Crippen LogP contribution in [0.5, 0.6) is 11.5 Å². The Bertz CT molecular complexity index is 1670. The number of allylic oxidation sites excluding steroid dienone is 2. The van der Waals surface area contributed by atoms with Gasteiger partial charge >= 0.3 is 248 Å². The Balaban J connectivity index is 1.62. The first-order chi connectivity index (χ1) is 20.4. The summed E-state index contributed by atoms with van der Waals surface area (Å²) in [7, 11) is 0. The molecule has 0 saturated heterocycles. The van der Waals surface area contributed by atoms with Gasteiger partial charge in [0, 0.05) is 0 Å². The molecule has 6 rings (SSSR count). The summed E-state index contributed by atoms with van der Waals surface area (Å²) >= 11 is -5.79. The molecule has 4 aromatic carbocycles. The summed E-state index contributed by atoms with van der Waals surface area (Å²) in [6.45, 7) is 1.82. The maximum absolute atomic E-state index is 13.5. The summed E-state index contributed by atoms with van der Waals surface area (Å²) in [5, 5.41) is 0. The summed E-state index contributed by atoms with van der Waals surface area (Å²) in [6.07, 6.45) is -1.14. The van der Waals surface area contributed by atoms with Crippen molar-refractivity contribution in [2.24, 2.45) is 0 Å². The molecule has 0 aliphatic heterocycles. The average Bonchev–Trinajstić information content (AvgIpc) is 3.63. The van der Waals surface area contributed by atoms with Crippen LogP contribution in [0.2, 0.25) is 0 Å². The van der Waals surface area contributed by atoms with Gasteiger partial charge in [-0.05, 0) is 0 Å². The van der Waals surface area contributed by atoms with Gasteiger partial charge in [-0.15, -0.1) is 0 Å². The summed E-state index contributed by atoms with van der Waals surface area (Å²) in [5.41, 5.74) is 2.08. The van der Waals surface area contributed by atoms with Crippen LogP contribution in [-0.2, 0) is 31.5 Å². The first-order valence-corrected chi connectivity index (χ1v) is 19.9. The van der Waals surface area contributed by atoms with E-state index in [-0.39, 0.29) is 11.5 Å². The fraction of sp³-hybridized carbons (Fsp3) is 0.147. The maximum atomic E-state index is 13.5. The van der Waals surface area contributed by atoms with Crippen LogP contribution >= 0.6 is 0 Å². The molecule has 0 spiro atoms. The van der Waals surface area contributed by atoms with Gasteiger partial charge in [0.15, 0.2) is 0 Å². The van der Waals surface area contributed by atoms with E-state index < -0.39 is 49.9 Å². The van der Waals surface area contributed by atoms with E-state index in [1.54, 1.807) is 0 Å². The molecular formula is C34H26F6O2Zr. The normalized spacial score (nSPS) is 17.9. The summed E-state index contributed by atoms with van der Waals surface area (Å²) in [5.74, 6) is 0.360. The van der Waals surface area contributed by atoms with E-state index in [2.05, 4.69) is 0 Å². The minimum absolute atomic E-state index is 0.180. The van der Waals surface area contributed by atoms with Gasteiger partial charge in [-0.1, -0.05) is 0 Å². The van der Waals surface area contributed by atoms with Gasteiger partial charge in [0.05, 0.1) is 0 Å². The first-order valence-electron chi connectivity index (χ1n) is 13.7. The molecule has 4 aromatic rings. The Morgan fingerprint density at radius 3 is 1.28 bits per heavy atom. The number of rotatable bonds is 6. The number of benzene rings is 4. The quantitative estimate of drug-likeness (QED) is 0.190. The van der Waals surface area contributed by atoms with Crippen molar-refractivity contribution in [1.29, 1.82) is 0 Å². The monoisotopic (exact) mass is 670 g/mol. The Kier molecular flexibility index (Phi) is 7.16. The Hall–Kier alpha value is -3.71. The predicted octanol–water partition coefficient (Wildman–Crippen LogP) is 10.1. The molecule has 0 heterocycles. The molecular weight excluding hydrogens is 646 g/mol. The average molecular weight is 672 g/mol. The molecule has 43 heavy (non-hydrogen) atoms. The van der Waals surface area contributed by atoms with Crippen molar-refractivity contribution in [3.8, 4) is 11.5 Å². The topological polar surface area (TPSA) is 18.5 Å². The van der Waals surface area contributed by atoms with E-state index in [1.165, 1.54) is 24.3 Å². The number of hydrogen-bond donors (Lipinski definition) is 0. The second kappa shape index (κ2) is 10.5. The van der Waals surface area contributed by atoms with E-state index in [1.807, 2.05) is 83.5 Å². The number of alkyl halides is 6. The molecule has 0 N–H and O–H groups in total. The van der Waals surface area contributed by atoms with Crippen LogP contribution in [0.4, 0.5) is 26.3 Å². The molecule has 2 aliphatic rings. The molecule has 0 aromatic heterocycles. The summed E-state index contributed by atoms with van der Waals surface area (Å²) in [4.78, 5) is 0. The number of hydrogen-bond acceptors (Lipinski definition) is 2. The van der Waals surface area contributed by atoms with Gasteiger partial charge in [-0.2, -0.15) is 0 Å². The standard InChI is InChI=1S/2C9H7.2C7H5F3O.C2H4.Zr/c2*1-2-5-9-7-3-6-8(9)4-1;2*8-7(9,10)5-1-3-6(11)4-2-5;1-2;/h2*1-7H;2*1-4,11H;1H,2H3;/q;;;;;+2/p-2. The summed E-state index contributed by atoms with van der Waals surface area (Å²) in [6, 6.07) is 24.4.